The molecule has 5 nitrogen and oxygen atoms in total. The molecule has 6 heteroatoms. The van der Waals surface area contributed by atoms with Gasteiger partial charge < -0.3 is 9.84 Å². The number of halogens is 1. The van der Waals surface area contributed by atoms with Gasteiger partial charge in [0.1, 0.15) is 0 Å². The van der Waals surface area contributed by atoms with Crippen LogP contribution in [0, 0.1) is 0 Å². The average molecular weight is 267 g/mol. The van der Waals surface area contributed by atoms with Crippen LogP contribution in [0.15, 0.2) is 29.0 Å². The minimum Gasteiger partial charge on any atom is -0.337 e. The Labute approximate surface area is 111 Å². The highest BCUT2D eigenvalue weighted by molar-refractivity contribution is 5.85. The van der Waals surface area contributed by atoms with Crippen molar-refractivity contribution in [1.82, 2.24) is 20.4 Å². The van der Waals surface area contributed by atoms with Gasteiger partial charge in [-0.3, -0.25) is 4.98 Å². The molecule has 96 valence electrons. The zero-order chi connectivity index (χ0) is 11.5. The van der Waals surface area contributed by atoms with Gasteiger partial charge >= 0.3 is 0 Å². The molecule has 0 bridgehead atoms. The first-order valence-electron chi connectivity index (χ1n) is 5.91. The number of piperidine rings is 1. The Morgan fingerprint density at radius 2 is 2.28 bits per heavy atom. The monoisotopic (exact) mass is 266 g/mol. The summed E-state index contributed by atoms with van der Waals surface area (Å²) in [5, 5.41) is 7.38. The summed E-state index contributed by atoms with van der Waals surface area (Å²) in [6.45, 7) is 1.02. The second kappa shape index (κ2) is 5.93. The van der Waals surface area contributed by atoms with Gasteiger partial charge in [-0.05, 0) is 31.5 Å². The van der Waals surface area contributed by atoms with Crippen LogP contribution in [0.4, 0.5) is 0 Å². The number of hydrogen-bond donors (Lipinski definition) is 1. The van der Waals surface area contributed by atoms with Crippen molar-refractivity contribution in [1.29, 1.82) is 0 Å². The van der Waals surface area contributed by atoms with Gasteiger partial charge in [-0.1, -0.05) is 11.6 Å². The summed E-state index contributed by atoms with van der Waals surface area (Å²) < 4.78 is 5.31. The van der Waals surface area contributed by atoms with Gasteiger partial charge in [-0.25, -0.2) is 0 Å². The molecule has 0 amide bonds. The van der Waals surface area contributed by atoms with Crippen LogP contribution in [0.1, 0.15) is 31.2 Å². The predicted octanol–water partition coefficient (Wildman–Crippen LogP) is 2.37. The topological polar surface area (TPSA) is 63.8 Å². The van der Waals surface area contributed by atoms with Crippen molar-refractivity contribution in [3.63, 3.8) is 0 Å². The number of hydrogen-bond acceptors (Lipinski definition) is 5. The van der Waals surface area contributed by atoms with Crippen LogP contribution in [0.25, 0.3) is 11.4 Å². The molecule has 1 N–H and O–H groups in total. The maximum absolute atomic E-state index is 5.31. The molecule has 0 spiro atoms. The second-order valence-corrected chi connectivity index (χ2v) is 4.20. The summed E-state index contributed by atoms with van der Waals surface area (Å²) in [5.41, 5.74) is 0.887. The Morgan fingerprint density at radius 1 is 1.33 bits per heavy atom. The maximum Gasteiger partial charge on any atom is 0.244 e. The van der Waals surface area contributed by atoms with E-state index in [2.05, 4.69) is 20.4 Å². The SMILES string of the molecule is Cl.c1cncc(-c2noc([C@@H]3CCCCN3)n2)c1. The fourth-order valence-electron chi connectivity index (χ4n) is 2.05. The third-order valence-electron chi connectivity index (χ3n) is 2.97. The summed E-state index contributed by atoms with van der Waals surface area (Å²) in [4.78, 5) is 8.47. The molecule has 2 aromatic rings. The quantitative estimate of drug-likeness (QED) is 0.904. The van der Waals surface area contributed by atoms with E-state index in [1.807, 2.05) is 12.1 Å². The molecule has 1 aliphatic heterocycles. The molecule has 2 aromatic heterocycles. The Balaban J connectivity index is 0.00000120. The first kappa shape index (κ1) is 13.0. The van der Waals surface area contributed by atoms with Crippen LogP contribution in [-0.4, -0.2) is 21.7 Å². The highest BCUT2D eigenvalue weighted by atomic mass is 35.5. The van der Waals surface area contributed by atoms with Gasteiger partial charge in [0, 0.05) is 18.0 Å². The minimum absolute atomic E-state index is 0. The van der Waals surface area contributed by atoms with Crippen LogP contribution in [0.5, 0.6) is 0 Å². The van der Waals surface area contributed by atoms with Crippen molar-refractivity contribution in [3.8, 4) is 11.4 Å². The molecule has 0 radical (unpaired) electrons. The largest absolute Gasteiger partial charge is 0.337 e. The molecule has 0 aromatic carbocycles. The lowest BCUT2D eigenvalue weighted by Gasteiger charge is -2.19. The number of pyridine rings is 1. The van der Waals surface area contributed by atoms with Gasteiger partial charge in [0.2, 0.25) is 11.7 Å². The molecule has 0 aliphatic carbocycles. The zero-order valence-electron chi connectivity index (χ0n) is 9.87. The van der Waals surface area contributed by atoms with E-state index in [0.29, 0.717) is 11.7 Å². The van der Waals surface area contributed by atoms with E-state index in [0.717, 1.165) is 18.5 Å². The van der Waals surface area contributed by atoms with E-state index >= 15 is 0 Å². The minimum atomic E-state index is 0. The van der Waals surface area contributed by atoms with Gasteiger partial charge in [-0.15, -0.1) is 12.4 Å². The molecule has 1 fully saturated rings. The van der Waals surface area contributed by atoms with E-state index in [-0.39, 0.29) is 18.4 Å². The van der Waals surface area contributed by atoms with Crippen LogP contribution in [0.2, 0.25) is 0 Å². The Hall–Kier alpha value is -1.46. The van der Waals surface area contributed by atoms with E-state index in [9.17, 15) is 0 Å². The summed E-state index contributed by atoms with van der Waals surface area (Å²) in [5.74, 6) is 1.30. The number of nitrogens with zero attached hydrogens (tertiary/aromatic N) is 3. The molecule has 0 unspecified atom stereocenters. The number of aromatic nitrogens is 3. The van der Waals surface area contributed by atoms with Crippen molar-refractivity contribution in [2.24, 2.45) is 0 Å². The lowest BCUT2D eigenvalue weighted by atomic mass is 10.1. The van der Waals surface area contributed by atoms with Gasteiger partial charge in [0.15, 0.2) is 0 Å². The van der Waals surface area contributed by atoms with E-state index < -0.39 is 0 Å². The van der Waals surface area contributed by atoms with Crippen molar-refractivity contribution in [2.45, 2.75) is 25.3 Å². The predicted molar refractivity (Wildman–Crippen MR) is 69.4 cm³/mol. The number of rotatable bonds is 2. The molecule has 3 heterocycles. The zero-order valence-corrected chi connectivity index (χ0v) is 10.7. The Morgan fingerprint density at radius 3 is 3.00 bits per heavy atom. The summed E-state index contributed by atoms with van der Waals surface area (Å²) in [6.07, 6.45) is 6.97. The van der Waals surface area contributed by atoms with Crippen LogP contribution >= 0.6 is 12.4 Å². The van der Waals surface area contributed by atoms with Gasteiger partial charge in [-0.2, -0.15) is 4.98 Å². The summed E-state index contributed by atoms with van der Waals surface area (Å²) in [7, 11) is 0. The molecule has 18 heavy (non-hydrogen) atoms. The first-order chi connectivity index (χ1) is 8.43. The molecule has 3 rings (SSSR count). The van der Waals surface area contributed by atoms with Crippen LogP contribution in [0.3, 0.4) is 0 Å². The fraction of sp³-hybridized carbons (Fsp3) is 0.417. The van der Waals surface area contributed by atoms with Crippen LogP contribution < -0.4 is 5.32 Å². The van der Waals surface area contributed by atoms with Crippen molar-refractivity contribution < 1.29 is 4.52 Å². The van der Waals surface area contributed by atoms with Crippen molar-refractivity contribution >= 4 is 12.4 Å². The molecule has 1 atom stereocenters. The summed E-state index contributed by atoms with van der Waals surface area (Å²) in [6, 6.07) is 4.00. The summed E-state index contributed by atoms with van der Waals surface area (Å²) >= 11 is 0. The standard InChI is InChI=1S/C12H14N4O.ClH/c1-2-7-14-10(5-1)12-15-11(16-17-12)9-4-3-6-13-8-9;/h3-4,6,8,10,14H,1-2,5,7H2;1H/t10-;/m0./s1. The third kappa shape index (κ3) is 2.68. The number of nitrogens with one attached hydrogen (secondary N) is 1. The molecule has 1 saturated heterocycles. The molecule has 1 aliphatic rings. The van der Waals surface area contributed by atoms with E-state index in [4.69, 9.17) is 4.52 Å². The third-order valence-corrected chi connectivity index (χ3v) is 2.97. The lowest BCUT2D eigenvalue weighted by Crippen LogP contribution is -2.26. The maximum atomic E-state index is 5.31. The fourth-order valence-corrected chi connectivity index (χ4v) is 2.05. The second-order valence-electron chi connectivity index (χ2n) is 4.20. The van der Waals surface area contributed by atoms with E-state index in [1.54, 1.807) is 12.4 Å². The van der Waals surface area contributed by atoms with Gasteiger partial charge in [0.25, 0.3) is 0 Å². The first-order valence-corrected chi connectivity index (χ1v) is 5.91. The van der Waals surface area contributed by atoms with Crippen LogP contribution in [-0.2, 0) is 0 Å². The highest BCUT2D eigenvalue weighted by Crippen LogP contribution is 2.23. The van der Waals surface area contributed by atoms with Crippen molar-refractivity contribution in [3.05, 3.63) is 30.4 Å². The Bertz CT molecular complexity index is 482. The smallest absolute Gasteiger partial charge is 0.244 e. The molecule has 0 saturated carbocycles. The van der Waals surface area contributed by atoms with Gasteiger partial charge in [0.05, 0.1) is 6.04 Å². The van der Waals surface area contributed by atoms with E-state index in [1.165, 1.54) is 12.8 Å². The average Bonchev–Trinajstić information content (AvgIpc) is 2.90. The normalized spacial score (nSPS) is 19.2. The Kier molecular flexibility index (Phi) is 4.28. The molecular formula is C12H15ClN4O. The molecular weight excluding hydrogens is 252 g/mol. The van der Waals surface area contributed by atoms with Crippen molar-refractivity contribution in [2.75, 3.05) is 6.54 Å². The highest BCUT2D eigenvalue weighted by Gasteiger charge is 2.21. The lowest BCUT2D eigenvalue weighted by molar-refractivity contribution is 0.297.